The predicted octanol–water partition coefficient (Wildman–Crippen LogP) is -2.64. The molecule has 1 aliphatic rings. The first-order valence-electron chi connectivity index (χ1n) is 7.04. The Morgan fingerprint density at radius 2 is 2.12 bits per heavy atom. The number of aliphatic hydroxyl groups is 4. The number of hydrogen-bond acceptors (Lipinski definition) is 8. The van der Waals surface area contributed by atoms with Gasteiger partial charge in [0.2, 0.25) is 0 Å². The lowest BCUT2D eigenvalue weighted by Gasteiger charge is -2.18. The van der Waals surface area contributed by atoms with E-state index < -0.39 is 48.5 Å². The van der Waals surface area contributed by atoms with Crippen LogP contribution in [0.2, 0.25) is 0 Å². The Hall–Kier alpha value is -2.21. The Labute approximate surface area is 134 Å². The molecule has 1 aromatic rings. The second-order valence-electron chi connectivity index (χ2n) is 5.32. The molecule has 0 radical (unpaired) electrons. The van der Waals surface area contributed by atoms with E-state index in [1.165, 1.54) is 0 Å². The number of aromatic nitrogens is 2. The van der Waals surface area contributed by atoms with Crippen LogP contribution in [-0.4, -0.2) is 67.5 Å². The highest BCUT2D eigenvalue weighted by Crippen LogP contribution is 2.28. The molecule has 1 aliphatic heterocycles. The van der Waals surface area contributed by atoms with Crippen molar-refractivity contribution in [2.45, 2.75) is 37.1 Å². The second-order valence-corrected chi connectivity index (χ2v) is 5.32. The lowest BCUT2D eigenvalue weighted by atomic mass is 10.1. The summed E-state index contributed by atoms with van der Waals surface area (Å²) in [5.41, 5.74) is 6.57. The maximum atomic E-state index is 11.9. The van der Waals surface area contributed by atoms with Crippen molar-refractivity contribution in [1.82, 2.24) is 9.55 Å². The van der Waals surface area contributed by atoms with Crippen LogP contribution in [0, 0.1) is 0 Å². The van der Waals surface area contributed by atoms with Crippen LogP contribution in [0.3, 0.4) is 0 Å². The maximum absolute atomic E-state index is 11.9. The molecule has 12 heteroatoms. The number of aliphatic hydroxyl groups excluding tert-OH is 4. The zero-order valence-electron chi connectivity index (χ0n) is 12.4. The Balaban J connectivity index is 2.31. The monoisotopic (exact) mass is 343 g/mol. The molecule has 1 aromatic heterocycles. The van der Waals surface area contributed by atoms with Gasteiger partial charge in [-0.05, 0) is 5.53 Å². The molecule has 0 aromatic carbocycles. The van der Waals surface area contributed by atoms with Gasteiger partial charge in [0.15, 0.2) is 6.23 Å². The van der Waals surface area contributed by atoms with Crippen molar-refractivity contribution < 1.29 is 25.2 Å². The molecule has 2 rings (SSSR count). The average molecular weight is 343 g/mol. The SMILES string of the molecule is [N-]=[N+]=NCC(O)Cc1cn([C@@H]2O[C@H](CO)C(O)[C@@H]2O)c(=O)[nH]c1=O. The number of hydrogen-bond donors (Lipinski definition) is 5. The Morgan fingerprint density at radius 1 is 1.42 bits per heavy atom. The van der Waals surface area contributed by atoms with Gasteiger partial charge >= 0.3 is 5.69 Å². The van der Waals surface area contributed by atoms with Crippen molar-refractivity contribution >= 4 is 0 Å². The molecule has 5 atom stereocenters. The molecular formula is C12H17N5O7. The first-order chi connectivity index (χ1) is 11.4. The summed E-state index contributed by atoms with van der Waals surface area (Å²) < 4.78 is 6.09. The molecule has 0 saturated carbocycles. The van der Waals surface area contributed by atoms with Gasteiger partial charge in [-0.15, -0.1) is 0 Å². The van der Waals surface area contributed by atoms with E-state index in [1.807, 2.05) is 4.98 Å². The molecule has 1 fully saturated rings. The largest absolute Gasteiger partial charge is 0.394 e. The molecule has 2 unspecified atom stereocenters. The first-order valence-corrected chi connectivity index (χ1v) is 7.04. The van der Waals surface area contributed by atoms with Gasteiger partial charge in [0.25, 0.3) is 5.56 Å². The lowest BCUT2D eigenvalue weighted by molar-refractivity contribution is -0.0551. The highest BCUT2D eigenvalue weighted by molar-refractivity contribution is 5.07. The Kier molecular flexibility index (Phi) is 5.72. The minimum Gasteiger partial charge on any atom is -0.394 e. The third-order valence-electron chi connectivity index (χ3n) is 3.64. The van der Waals surface area contributed by atoms with Crippen LogP contribution in [0.15, 0.2) is 20.9 Å². The minimum absolute atomic E-state index is 0.00650. The maximum Gasteiger partial charge on any atom is 0.330 e. The van der Waals surface area contributed by atoms with Crippen molar-refractivity contribution in [2.75, 3.05) is 13.2 Å². The Morgan fingerprint density at radius 3 is 2.71 bits per heavy atom. The van der Waals surface area contributed by atoms with Gasteiger partial charge in [-0.1, -0.05) is 5.11 Å². The van der Waals surface area contributed by atoms with E-state index in [4.69, 9.17) is 15.4 Å². The molecule has 5 N–H and O–H groups in total. The van der Waals surface area contributed by atoms with Crippen molar-refractivity contribution in [3.05, 3.63) is 43.0 Å². The normalized spacial score (nSPS) is 27.7. The van der Waals surface area contributed by atoms with E-state index in [-0.39, 0.29) is 18.5 Å². The molecular weight excluding hydrogens is 326 g/mol. The van der Waals surface area contributed by atoms with Crippen LogP contribution in [0.25, 0.3) is 10.4 Å². The van der Waals surface area contributed by atoms with Gasteiger partial charge in [0.1, 0.15) is 18.3 Å². The summed E-state index contributed by atoms with van der Waals surface area (Å²) in [5.74, 6) is 0. The zero-order chi connectivity index (χ0) is 17.9. The van der Waals surface area contributed by atoms with Gasteiger partial charge in [0, 0.05) is 23.1 Å². The summed E-state index contributed by atoms with van der Waals surface area (Å²) in [6.07, 6.45) is -5.55. The zero-order valence-corrected chi connectivity index (χ0v) is 12.4. The van der Waals surface area contributed by atoms with Crippen molar-refractivity contribution in [3.8, 4) is 0 Å². The first kappa shape index (κ1) is 18.1. The van der Waals surface area contributed by atoms with Crippen molar-refractivity contribution in [1.29, 1.82) is 0 Å². The lowest BCUT2D eigenvalue weighted by Crippen LogP contribution is -2.39. The fraction of sp³-hybridized carbons (Fsp3) is 0.667. The quantitative estimate of drug-likeness (QED) is 0.211. The second kappa shape index (κ2) is 7.57. The summed E-state index contributed by atoms with van der Waals surface area (Å²) in [6.45, 7) is -0.826. The third-order valence-corrected chi connectivity index (χ3v) is 3.64. The fourth-order valence-corrected chi connectivity index (χ4v) is 2.42. The molecule has 132 valence electrons. The number of azide groups is 1. The van der Waals surface area contributed by atoms with E-state index in [0.29, 0.717) is 0 Å². The Bertz CT molecular complexity index is 740. The summed E-state index contributed by atoms with van der Waals surface area (Å²) >= 11 is 0. The molecule has 0 amide bonds. The van der Waals surface area contributed by atoms with Gasteiger partial charge in [-0.2, -0.15) is 0 Å². The smallest absolute Gasteiger partial charge is 0.330 e. The van der Waals surface area contributed by atoms with E-state index in [0.717, 1.165) is 10.8 Å². The average Bonchev–Trinajstić information content (AvgIpc) is 2.83. The number of nitrogens with one attached hydrogen (secondary N) is 1. The van der Waals surface area contributed by atoms with Crippen LogP contribution < -0.4 is 11.2 Å². The molecule has 2 heterocycles. The number of aromatic amines is 1. The fourth-order valence-electron chi connectivity index (χ4n) is 2.42. The van der Waals surface area contributed by atoms with Crippen LogP contribution in [0.1, 0.15) is 11.8 Å². The van der Waals surface area contributed by atoms with E-state index >= 15 is 0 Å². The van der Waals surface area contributed by atoms with Crippen LogP contribution >= 0.6 is 0 Å². The third kappa shape index (κ3) is 3.64. The molecule has 1 saturated heterocycles. The van der Waals surface area contributed by atoms with E-state index in [2.05, 4.69) is 10.0 Å². The van der Waals surface area contributed by atoms with Gasteiger partial charge in [-0.25, -0.2) is 4.79 Å². The standard InChI is InChI=1S/C12H17N5O7/c13-16-14-2-6(19)1-5-3-17(12(23)15-10(5)22)11-9(21)8(20)7(4-18)24-11/h3,6-9,11,18-21H,1-2,4H2,(H,15,22,23)/t6?,7-,8?,9+,11-/m1/s1. The van der Waals surface area contributed by atoms with Crippen molar-refractivity contribution in [3.63, 3.8) is 0 Å². The number of ether oxygens (including phenoxy) is 1. The number of nitrogens with zero attached hydrogens (tertiary/aromatic N) is 4. The minimum atomic E-state index is -1.49. The van der Waals surface area contributed by atoms with Crippen LogP contribution in [0.5, 0.6) is 0 Å². The summed E-state index contributed by atoms with van der Waals surface area (Å²) in [4.78, 5) is 28.2. The summed E-state index contributed by atoms with van der Waals surface area (Å²) in [5, 5.41) is 41.6. The summed E-state index contributed by atoms with van der Waals surface area (Å²) in [7, 11) is 0. The van der Waals surface area contributed by atoms with Gasteiger partial charge in [0.05, 0.1) is 19.3 Å². The number of H-pyrrole nitrogens is 1. The molecule has 24 heavy (non-hydrogen) atoms. The molecule has 0 spiro atoms. The highest BCUT2D eigenvalue weighted by atomic mass is 16.6. The summed E-state index contributed by atoms with van der Waals surface area (Å²) in [6, 6.07) is 0. The van der Waals surface area contributed by atoms with E-state index in [1.54, 1.807) is 0 Å². The highest BCUT2D eigenvalue weighted by Gasteiger charge is 2.43. The van der Waals surface area contributed by atoms with Gasteiger partial charge < -0.3 is 25.2 Å². The van der Waals surface area contributed by atoms with Crippen molar-refractivity contribution in [2.24, 2.45) is 5.11 Å². The van der Waals surface area contributed by atoms with E-state index in [9.17, 15) is 24.9 Å². The molecule has 0 aliphatic carbocycles. The predicted molar refractivity (Wildman–Crippen MR) is 78.1 cm³/mol. The topological polar surface area (TPSA) is 194 Å². The van der Waals surface area contributed by atoms with Gasteiger partial charge in [-0.3, -0.25) is 14.3 Å². The molecule has 12 nitrogen and oxygen atoms in total. The van der Waals surface area contributed by atoms with Crippen LogP contribution in [0.4, 0.5) is 0 Å². The van der Waals surface area contributed by atoms with Crippen LogP contribution in [-0.2, 0) is 11.2 Å². The number of rotatable bonds is 6. The molecule has 0 bridgehead atoms.